The van der Waals surface area contributed by atoms with Crippen LogP contribution in [0.2, 0.25) is 0 Å². The number of hydrogen-bond acceptors (Lipinski definition) is 4. The van der Waals surface area contributed by atoms with Gasteiger partial charge in [0.05, 0.1) is 17.4 Å². The number of carbonyl (C=O) groups excluding carboxylic acids is 1. The monoisotopic (exact) mass is 343 g/mol. The number of nitrogens with one attached hydrogen (secondary N) is 2. The van der Waals surface area contributed by atoms with Crippen LogP contribution in [0.5, 0.6) is 0 Å². The van der Waals surface area contributed by atoms with Gasteiger partial charge in [-0.2, -0.15) is 0 Å². The van der Waals surface area contributed by atoms with Crippen molar-refractivity contribution in [2.75, 3.05) is 10.6 Å². The zero-order chi connectivity index (χ0) is 14.7. The number of rotatable bonds is 2. The van der Waals surface area contributed by atoms with E-state index in [9.17, 15) is 4.79 Å². The second kappa shape index (κ2) is 5.84. The Morgan fingerprint density at radius 1 is 1.05 bits per heavy atom. The van der Waals surface area contributed by atoms with Gasteiger partial charge in [0, 0.05) is 28.4 Å². The Bertz CT molecular complexity index is 794. The molecular formula is C14H10BrN5O. The molecule has 3 rings (SSSR count). The summed E-state index contributed by atoms with van der Waals surface area (Å²) in [6.45, 7) is 0. The summed E-state index contributed by atoms with van der Waals surface area (Å²) >= 11 is 3.41. The lowest BCUT2D eigenvalue weighted by Gasteiger charge is -2.09. The summed E-state index contributed by atoms with van der Waals surface area (Å²) in [5.74, 6) is 0.384. The van der Waals surface area contributed by atoms with Crippen molar-refractivity contribution >= 4 is 44.4 Å². The lowest BCUT2D eigenvalue weighted by molar-refractivity contribution is 0.262. The number of halogens is 1. The van der Waals surface area contributed by atoms with Crippen LogP contribution in [0, 0.1) is 0 Å². The molecular weight excluding hydrogens is 334 g/mol. The summed E-state index contributed by atoms with van der Waals surface area (Å²) in [5.41, 5.74) is 1.47. The van der Waals surface area contributed by atoms with Crippen molar-refractivity contribution in [2.24, 2.45) is 0 Å². The molecule has 0 spiro atoms. The topological polar surface area (TPSA) is 79.8 Å². The maximum absolute atomic E-state index is 12.0. The van der Waals surface area contributed by atoms with Gasteiger partial charge in [-0.05, 0) is 24.3 Å². The molecule has 0 unspecified atom stereocenters. The van der Waals surface area contributed by atoms with Gasteiger partial charge in [0.1, 0.15) is 0 Å². The Kier molecular flexibility index (Phi) is 3.74. The first-order valence-electron chi connectivity index (χ1n) is 6.11. The van der Waals surface area contributed by atoms with Crippen molar-refractivity contribution in [1.82, 2.24) is 15.0 Å². The molecule has 0 aliphatic heterocycles. The number of anilines is 2. The summed E-state index contributed by atoms with van der Waals surface area (Å²) in [6.07, 6.45) is 6.17. The highest BCUT2D eigenvalue weighted by molar-refractivity contribution is 9.10. The van der Waals surface area contributed by atoms with Gasteiger partial charge in [0.2, 0.25) is 0 Å². The number of pyridine rings is 1. The van der Waals surface area contributed by atoms with E-state index in [2.05, 4.69) is 41.5 Å². The molecule has 0 bridgehead atoms. The Morgan fingerprint density at radius 2 is 1.95 bits per heavy atom. The lowest BCUT2D eigenvalue weighted by atomic mass is 10.2. The minimum Gasteiger partial charge on any atom is -0.307 e. The smallest absolute Gasteiger partial charge is 0.307 e. The lowest BCUT2D eigenvalue weighted by Crippen LogP contribution is -2.20. The number of benzene rings is 1. The van der Waals surface area contributed by atoms with E-state index in [4.69, 9.17) is 0 Å². The van der Waals surface area contributed by atoms with Crippen molar-refractivity contribution < 1.29 is 4.79 Å². The van der Waals surface area contributed by atoms with Gasteiger partial charge in [0.15, 0.2) is 5.82 Å². The average molecular weight is 344 g/mol. The number of carbonyl (C=O) groups is 1. The van der Waals surface area contributed by atoms with Crippen LogP contribution < -0.4 is 10.6 Å². The number of aromatic nitrogens is 3. The van der Waals surface area contributed by atoms with Crippen LogP contribution in [-0.4, -0.2) is 21.0 Å². The highest BCUT2D eigenvalue weighted by Crippen LogP contribution is 2.25. The molecule has 3 aromatic rings. The molecule has 2 N–H and O–H groups in total. The third-order valence-electron chi connectivity index (χ3n) is 2.76. The van der Waals surface area contributed by atoms with E-state index in [-0.39, 0.29) is 6.03 Å². The fraction of sp³-hybridized carbons (Fsp3) is 0. The van der Waals surface area contributed by atoms with Crippen LogP contribution in [-0.2, 0) is 0 Å². The number of nitrogens with zero attached hydrogens (tertiary/aromatic N) is 3. The fourth-order valence-electron chi connectivity index (χ4n) is 1.86. The SMILES string of the molecule is O=C(Nc1cnccn1)Nc1ccnc2ccc(Br)cc12. The second-order valence-corrected chi connectivity index (χ2v) is 5.11. The zero-order valence-corrected chi connectivity index (χ0v) is 12.3. The molecule has 2 heterocycles. The number of amides is 2. The Hall–Kier alpha value is -2.54. The van der Waals surface area contributed by atoms with E-state index in [1.165, 1.54) is 18.6 Å². The maximum atomic E-state index is 12.0. The van der Waals surface area contributed by atoms with Gasteiger partial charge in [-0.3, -0.25) is 15.3 Å². The predicted octanol–water partition coefficient (Wildman–Crippen LogP) is 3.43. The molecule has 1 aromatic carbocycles. The number of fused-ring (bicyclic) bond motifs is 1. The normalized spacial score (nSPS) is 10.3. The summed E-state index contributed by atoms with van der Waals surface area (Å²) in [4.78, 5) is 24.1. The van der Waals surface area contributed by atoms with E-state index >= 15 is 0 Å². The van der Waals surface area contributed by atoms with Gasteiger partial charge in [-0.15, -0.1) is 0 Å². The third kappa shape index (κ3) is 3.14. The molecule has 104 valence electrons. The van der Waals surface area contributed by atoms with Gasteiger partial charge in [0.25, 0.3) is 0 Å². The molecule has 21 heavy (non-hydrogen) atoms. The van der Waals surface area contributed by atoms with E-state index < -0.39 is 0 Å². The van der Waals surface area contributed by atoms with Crippen LogP contribution >= 0.6 is 15.9 Å². The van der Waals surface area contributed by atoms with Crippen LogP contribution in [0.1, 0.15) is 0 Å². The minimum atomic E-state index is -0.386. The summed E-state index contributed by atoms with van der Waals surface area (Å²) < 4.78 is 0.917. The molecule has 0 saturated carbocycles. The van der Waals surface area contributed by atoms with Crippen molar-refractivity contribution in [3.8, 4) is 0 Å². The summed E-state index contributed by atoms with van der Waals surface area (Å²) in [7, 11) is 0. The first kappa shape index (κ1) is 13.4. The molecule has 6 nitrogen and oxygen atoms in total. The molecule has 2 aromatic heterocycles. The summed E-state index contributed by atoms with van der Waals surface area (Å²) in [5, 5.41) is 6.24. The highest BCUT2D eigenvalue weighted by atomic mass is 79.9. The summed E-state index contributed by atoms with van der Waals surface area (Å²) in [6, 6.07) is 7.04. The third-order valence-corrected chi connectivity index (χ3v) is 3.25. The van der Waals surface area contributed by atoms with E-state index in [1.54, 1.807) is 12.3 Å². The number of hydrogen-bond donors (Lipinski definition) is 2. The molecule has 0 saturated heterocycles. The minimum absolute atomic E-state index is 0.384. The molecule has 0 aliphatic rings. The Labute approximate surface area is 128 Å². The maximum Gasteiger partial charge on any atom is 0.324 e. The average Bonchev–Trinajstić information content (AvgIpc) is 2.49. The van der Waals surface area contributed by atoms with Crippen molar-refractivity contribution in [1.29, 1.82) is 0 Å². The van der Waals surface area contributed by atoms with Crippen LogP contribution in [0.3, 0.4) is 0 Å². The largest absolute Gasteiger partial charge is 0.324 e. The van der Waals surface area contributed by atoms with Crippen molar-refractivity contribution in [3.63, 3.8) is 0 Å². The van der Waals surface area contributed by atoms with Crippen molar-refractivity contribution in [3.05, 3.63) is 53.5 Å². The van der Waals surface area contributed by atoms with Gasteiger partial charge >= 0.3 is 6.03 Å². The van der Waals surface area contributed by atoms with E-state index in [0.29, 0.717) is 11.5 Å². The first-order valence-corrected chi connectivity index (χ1v) is 6.90. The standard InChI is InChI=1S/C14H10BrN5O/c15-9-1-2-11-10(7-9)12(3-4-17-11)19-14(21)20-13-8-16-5-6-18-13/h1-8H,(H2,17,18,19,20,21). The van der Waals surface area contributed by atoms with Crippen LogP contribution in [0.4, 0.5) is 16.3 Å². The van der Waals surface area contributed by atoms with Gasteiger partial charge < -0.3 is 5.32 Å². The van der Waals surface area contributed by atoms with Crippen LogP contribution in [0.25, 0.3) is 10.9 Å². The second-order valence-electron chi connectivity index (χ2n) is 4.19. The molecule has 0 radical (unpaired) electrons. The zero-order valence-electron chi connectivity index (χ0n) is 10.7. The fourth-order valence-corrected chi connectivity index (χ4v) is 2.22. The molecule has 2 amide bonds. The Morgan fingerprint density at radius 3 is 2.76 bits per heavy atom. The molecule has 7 heteroatoms. The van der Waals surface area contributed by atoms with E-state index in [1.807, 2.05) is 18.2 Å². The predicted molar refractivity (Wildman–Crippen MR) is 84.1 cm³/mol. The first-order chi connectivity index (χ1) is 10.2. The Balaban J connectivity index is 1.84. The van der Waals surface area contributed by atoms with E-state index in [0.717, 1.165) is 15.4 Å². The molecule has 0 fully saturated rings. The molecule has 0 atom stereocenters. The van der Waals surface area contributed by atoms with Crippen molar-refractivity contribution in [2.45, 2.75) is 0 Å². The van der Waals surface area contributed by atoms with Crippen LogP contribution in [0.15, 0.2) is 53.5 Å². The molecule has 0 aliphatic carbocycles. The van der Waals surface area contributed by atoms with Gasteiger partial charge in [-0.1, -0.05) is 15.9 Å². The van der Waals surface area contributed by atoms with Gasteiger partial charge in [-0.25, -0.2) is 9.78 Å². The number of urea groups is 1. The highest BCUT2D eigenvalue weighted by Gasteiger charge is 2.07. The quantitative estimate of drug-likeness (QED) is 0.746.